The van der Waals surface area contributed by atoms with E-state index in [1.165, 1.54) is 12.8 Å². The second-order valence-electron chi connectivity index (χ2n) is 4.13. The van der Waals surface area contributed by atoms with Gasteiger partial charge in [-0.25, -0.2) is 0 Å². The third-order valence-corrected chi connectivity index (χ3v) is 2.80. The molecule has 78 valence electrons. The normalized spacial score (nSPS) is 30.7. The van der Waals surface area contributed by atoms with Gasteiger partial charge < -0.3 is 9.84 Å². The molecule has 1 aliphatic heterocycles. The van der Waals surface area contributed by atoms with E-state index in [4.69, 9.17) is 4.74 Å². The van der Waals surface area contributed by atoms with Crippen LogP contribution in [0.25, 0.3) is 0 Å². The fourth-order valence-corrected chi connectivity index (χ4v) is 1.91. The average Bonchev–Trinajstić information content (AvgIpc) is 2.52. The van der Waals surface area contributed by atoms with Crippen molar-refractivity contribution in [1.29, 1.82) is 0 Å². The van der Waals surface area contributed by atoms with Gasteiger partial charge in [-0.2, -0.15) is 0 Å². The van der Waals surface area contributed by atoms with Crippen molar-refractivity contribution in [3.05, 3.63) is 0 Å². The zero-order valence-corrected chi connectivity index (χ0v) is 8.83. The molecule has 0 amide bonds. The zero-order chi connectivity index (χ0) is 9.68. The lowest BCUT2D eigenvalue weighted by atomic mass is 10.0. The minimum Gasteiger partial charge on any atom is -0.390 e. The van der Waals surface area contributed by atoms with Crippen LogP contribution in [0.2, 0.25) is 0 Å². The predicted octanol–water partition coefficient (Wildman–Crippen LogP) is 2.50. The van der Waals surface area contributed by atoms with E-state index in [9.17, 15) is 5.11 Å². The number of hydrogen-bond acceptors (Lipinski definition) is 2. The molecular weight excluding hydrogens is 164 g/mol. The van der Waals surface area contributed by atoms with E-state index in [2.05, 4.69) is 13.8 Å². The van der Waals surface area contributed by atoms with Crippen molar-refractivity contribution >= 4 is 0 Å². The fourth-order valence-electron chi connectivity index (χ4n) is 1.91. The molecule has 1 rings (SSSR count). The Morgan fingerprint density at radius 2 is 2.15 bits per heavy atom. The Balaban J connectivity index is 2.12. The van der Waals surface area contributed by atoms with Crippen LogP contribution in [0.5, 0.6) is 0 Å². The molecule has 1 heterocycles. The predicted molar refractivity (Wildman–Crippen MR) is 53.7 cm³/mol. The molecule has 3 unspecified atom stereocenters. The maximum Gasteiger partial charge on any atom is 0.0838 e. The lowest BCUT2D eigenvalue weighted by Gasteiger charge is -2.17. The van der Waals surface area contributed by atoms with Gasteiger partial charge in [0, 0.05) is 0 Å². The molecular formula is C11H22O2. The number of ether oxygens (including phenoxy) is 1. The van der Waals surface area contributed by atoms with Crippen molar-refractivity contribution in [2.45, 2.75) is 70.7 Å². The summed E-state index contributed by atoms with van der Waals surface area (Å²) in [4.78, 5) is 0. The van der Waals surface area contributed by atoms with Crippen LogP contribution < -0.4 is 0 Å². The highest BCUT2D eigenvalue weighted by Gasteiger charge is 2.27. The number of unbranched alkanes of at least 4 members (excludes halogenated alkanes) is 2. The highest BCUT2D eigenvalue weighted by Crippen LogP contribution is 2.23. The van der Waals surface area contributed by atoms with Gasteiger partial charge in [0.1, 0.15) is 0 Å². The largest absolute Gasteiger partial charge is 0.390 e. The number of rotatable bonds is 5. The monoisotopic (exact) mass is 186 g/mol. The molecule has 0 aromatic heterocycles. The Labute approximate surface area is 81.3 Å². The highest BCUT2D eigenvalue weighted by atomic mass is 16.5. The van der Waals surface area contributed by atoms with Gasteiger partial charge in [-0.05, 0) is 26.2 Å². The molecule has 0 aromatic carbocycles. The molecule has 0 bridgehead atoms. The van der Waals surface area contributed by atoms with E-state index in [0.717, 1.165) is 25.7 Å². The van der Waals surface area contributed by atoms with Crippen LogP contribution in [-0.2, 0) is 4.74 Å². The molecule has 1 saturated heterocycles. The molecule has 3 atom stereocenters. The Kier molecular flexibility index (Phi) is 4.74. The van der Waals surface area contributed by atoms with E-state index in [1.807, 2.05) is 0 Å². The van der Waals surface area contributed by atoms with Crippen molar-refractivity contribution in [2.75, 3.05) is 0 Å². The topological polar surface area (TPSA) is 29.5 Å². The summed E-state index contributed by atoms with van der Waals surface area (Å²) in [7, 11) is 0. The summed E-state index contributed by atoms with van der Waals surface area (Å²) < 4.78 is 5.60. The summed E-state index contributed by atoms with van der Waals surface area (Å²) in [5.74, 6) is 0. The smallest absolute Gasteiger partial charge is 0.0838 e. The summed E-state index contributed by atoms with van der Waals surface area (Å²) in [5.41, 5.74) is 0. The van der Waals surface area contributed by atoms with Crippen LogP contribution in [0.3, 0.4) is 0 Å². The lowest BCUT2D eigenvalue weighted by molar-refractivity contribution is -0.0322. The van der Waals surface area contributed by atoms with E-state index in [1.54, 1.807) is 0 Å². The third-order valence-electron chi connectivity index (χ3n) is 2.80. The van der Waals surface area contributed by atoms with Crippen molar-refractivity contribution in [3.63, 3.8) is 0 Å². The first-order chi connectivity index (χ1) is 6.24. The van der Waals surface area contributed by atoms with Crippen LogP contribution >= 0.6 is 0 Å². The van der Waals surface area contributed by atoms with Crippen LogP contribution in [-0.4, -0.2) is 23.4 Å². The minimum absolute atomic E-state index is 0.117. The van der Waals surface area contributed by atoms with Crippen LogP contribution in [0.15, 0.2) is 0 Å². The molecule has 0 saturated carbocycles. The van der Waals surface area contributed by atoms with Gasteiger partial charge in [0.15, 0.2) is 0 Å². The average molecular weight is 186 g/mol. The van der Waals surface area contributed by atoms with Gasteiger partial charge >= 0.3 is 0 Å². The first kappa shape index (κ1) is 11.0. The Hall–Kier alpha value is -0.0800. The Morgan fingerprint density at radius 1 is 1.38 bits per heavy atom. The molecule has 1 N–H and O–H groups in total. The molecule has 1 fully saturated rings. The van der Waals surface area contributed by atoms with Crippen molar-refractivity contribution in [1.82, 2.24) is 0 Å². The van der Waals surface area contributed by atoms with Gasteiger partial charge in [0.25, 0.3) is 0 Å². The van der Waals surface area contributed by atoms with Gasteiger partial charge in [-0.3, -0.25) is 0 Å². The van der Waals surface area contributed by atoms with Crippen LogP contribution in [0.4, 0.5) is 0 Å². The van der Waals surface area contributed by atoms with Gasteiger partial charge in [0.05, 0.1) is 18.3 Å². The van der Waals surface area contributed by atoms with Gasteiger partial charge in [-0.1, -0.05) is 26.2 Å². The molecule has 0 aliphatic carbocycles. The first-order valence-electron chi connectivity index (χ1n) is 5.57. The SMILES string of the molecule is CCCCCC(O)C1CCC(C)O1. The van der Waals surface area contributed by atoms with Crippen molar-refractivity contribution in [3.8, 4) is 0 Å². The van der Waals surface area contributed by atoms with Crippen molar-refractivity contribution in [2.24, 2.45) is 0 Å². The minimum atomic E-state index is -0.225. The second-order valence-corrected chi connectivity index (χ2v) is 4.13. The molecule has 2 nitrogen and oxygen atoms in total. The van der Waals surface area contributed by atoms with E-state index < -0.39 is 0 Å². The maximum absolute atomic E-state index is 9.77. The fraction of sp³-hybridized carbons (Fsp3) is 1.00. The summed E-state index contributed by atoms with van der Waals surface area (Å²) in [6.45, 7) is 4.26. The summed E-state index contributed by atoms with van der Waals surface area (Å²) >= 11 is 0. The number of hydrogen-bond donors (Lipinski definition) is 1. The van der Waals surface area contributed by atoms with Gasteiger partial charge in [-0.15, -0.1) is 0 Å². The molecule has 0 spiro atoms. The summed E-state index contributed by atoms with van der Waals surface area (Å²) in [5, 5.41) is 9.77. The van der Waals surface area contributed by atoms with E-state index >= 15 is 0 Å². The van der Waals surface area contributed by atoms with E-state index in [-0.39, 0.29) is 12.2 Å². The van der Waals surface area contributed by atoms with Crippen LogP contribution in [0, 0.1) is 0 Å². The number of aliphatic hydroxyl groups excluding tert-OH is 1. The lowest BCUT2D eigenvalue weighted by Crippen LogP contribution is -2.25. The second kappa shape index (κ2) is 5.61. The van der Waals surface area contributed by atoms with E-state index in [0.29, 0.717) is 6.10 Å². The molecule has 0 aromatic rings. The first-order valence-corrected chi connectivity index (χ1v) is 5.57. The maximum atomic E-state index is 9.77. The standard InChI is InChI=1S/C11H22O2/c1-3-4-5-6-10(12)11-8-7-9(2)13-11/h9-12H,3-8H2,1-2H3. The Bertz CT molecular complexity index is 136. The zero-order valence-electron chi connectivity index (χ0n) is 8.83. The Morgan fingerprint density at radius 3 is 2.69 bits per heavy atom. The highest BCUT2D eigenvalue weighted by molar-refractivity contribution is 4.77. The van der Waals surface area contributed by atoms with Gasteiger partial charge in [0.2, 0.25) is 0 Å². The molecule has 2 heteroatoms. The molecule has 13 heavy (non-hydrogen) atoms. The summed E-state index contributed by atoms with van der Waals surface area (Å²) in [6.07, 6.45) is 6.86. The van der Waals surface area contributed by atoms with Crippen LogP contribution in [0.1, 0.15) is 52.4 Å². The molecule has 0 radical (unpaired) electrons. The number of aliphatic hydroxyl groups is 1. The quantitative estimate of drug-likeness (QED) is 0.668. The third kappa shape index (κ3) is 3.65. The van der Waals surface area contributed by atoms with Crippen molar-refractivity contribution < 1.29 is 9.84 Å². The molecule has 1 aliphatic rings. The summed E-state index contributed by atoms with van der Waals surface area (Å²) in [6, 6.07) is 0.